The van der Waals surface area contributed by atoms with Crippen molar-refractivity contribution in [3.05, 3.63) is 0 Å². The van der Waals surface area contributed by atoms with Crippen molar-refractivity contribution in [2.45, 2.75) is 45.9 Å². The van der Waals surface area contributed by atoms with E-state index in [2.05, 4.69) is 14.8 Å². The van der Waals surface area contributed by atoms with Gasteiger partial charge in [0.15, 0.2) is 5.91 Å². The Kier molecular flexibility index (Phi) is 10.0. The Labute approximate surface area is 130 Å². The van der Waals surface area contributed by atoms with E-state index in [4.69, 9.17) is 0 Å². The number of halogens is 1. The summed E-state index contributed by atoms with van der Waals surface area (Å²) in [5.41, 5.74) is 0. The third-order valence-corrected chi connectivity index (χ3v) is 4.88. The summed E-state index contributed by atoms with van der Waals surface area (Å²) in [7, 11) is -3.83. The van der Waals surface area contributed by atoms with E-state index in [0.717, 1.165) is 0 Å². The maximum atomic E-state index is 13.6. The Morgan fingerprint density at radius 3 is 2.50 bits per heavy atom. The van der Waals surface area contributed by atoms with Crippen LogP contribution in [0.25, 0.3) is 0 Å². The molecule has 9 heteroatoms. The minimum atomic E-state index is -3.83. The minimum absolute atomic E-state index is 0.0692. The smallest absolute Gasteiger partial charge is 0.410 e. The number of alkyl halides is 1. The van der Waals surface area contributed by atoms with Crippen molar-refractivity contribution >= 4 is 19.4 Å². The second-order valence-electron chi connectivity index (χ2n) is 5.15. The summed E-state index contributed by atoms with van der Waals surface area (Å²) < 4.78 is 34.4. The number of amides is 1. The van der Waals surface area contributed by atoms with Crippen LogP contribution >= 0.6 is 7.37 Å². The third kappa shape index (κ3) is 9.00. The van der Waals surface area contributed by atoms with Gasteiger partial charge in [-0.15, -0.1) is 0 Å². The van der Waals surface area contributed by atoms with Crippen LogP contribution in [0.2, 0.25) is 0 Å². The molecule has 1 unspecified atom stereocenters. The van der Waals surface area contributed by atoms with E-state index in [1.54, 1.807) is 13.8 Å². The van der Waals surface area contributed by atoms with E-state index in [1.165, 1.54) is 0 Å². The minimum Gasteiger partial charge on any atom is -0.428 e. The largest absolute Gasteiger partial charge is 0.428 e. The van der Waals surface area contributed by atoms with Gasteiger partial charge < -0.3 is 19.7 Å². The first kappa shape index (κ1) is 20.9. The van der Waals surface area contributed by atoms with Crippen molar-refractivity contribution in [3.63, 3.8) is 0 Å². The zero-order valence-corrected chi connectivity index (χ0v) is 14.1. The summed E-state index contributed by atoms with van der Waals surface area (Å²) in [5.74, 6) is -2.72. The van der Waals surface area contributed by atoms with E-state index in [0.29, 0.717) is 12.8 Å². The van der Waals surface area contributed by atoms with Gasteiger partial charge in [-0.05, 0) is 6.42 Å². The second-order valence-corrected chi connectivity index (χ2v) is 7.67. The van der Waals surface area contributed by atoms with Crippen LogP contribution in [-0.4, -0.2) is 42.4 Å². The van der Waals surface area contributed by atoms with E-state index in [1.807, 2.05) is 6.92 Å². The van der Waals surface area contributed by atoms with Crippen LogP contribution in [0.5, 0.6) is 0 Å². The summed E-state index contributed by atoms with van der Waals surface area (Å²) in [6.07, 6.45) is -0.0504. The average molecular weight is 341 g/mol. The van der Waals surface area contributed by atoms with Crippen LogP contribution in [0.1, 0.15) is 40.0 Å². The van der Waals surface area contributed by atoms with E-state index >= 15 is 0 Å². The monoisotopic (exact) mass is 341 g/mol. The SMILES string of the molecule is CCCCP(=O)(O)[C@@H](F)CCNC(=O)OCOC(=O)C(C)C. The molecule has 0 aliphatic heterocycles. The summed E-state index contributed by atoms with van der Waals surface area (Å²) in [6, 6.07) is 0. The average Bonchev–Trinajstić information content (AvgIpc) is 2.44. The maximum absolute atomic E-state index is 13.6. The number of esters is 1. The molecule has 130 valence electrons. The lowest BCUT2D eigenvalue weighted by Gasteiger charge is -2.16. The molecule has 1 amide bonds. The van der Waals surface area contributed by atoms with Gasteiger partial charge in [-0.3, -0.25) is 9.36 Å². The van der Waals surface area contributed by atoms with Crippen molar-refractivity contribution in [1.29, 1.82) is 0 Å². The molecule has 0 aliphatic rings. The normalized spacial score (nSPS) is 15.0. The molecule has 2 N–H and O–H groups in total. The van der Waals surface area contributed by atoms with Gasteiger partial charge in [0.2, 0.25) is 14.2 Å². The molecule has 7 nitrogen and oxygen atoms in total. The molecule has 0 radical (unpaired) electrons. The molecular weight excluding hydrogens is 316 g/mol. The summed E-state index contributed by atoms with van der Waals surface area (Å²) in [5, 5.41) is 2.22. The van der Waals surface area contributed by atoms with Crippen molar-refractivity contribution in [3.8, 4) is 0 Å². The van der Waals surface area contributed by atoms with E-state index in [9.17, 15) is 23.4 Å². The molecule has 0 saturated heterocycles. The number of unbranched alkanes of at least 4 members (excludes halogenated alkanes) is 1. The molecule has 22 heavy (non-hydrogen) atoms. The number of hydrogen-bond donors (Lipinski definition) is 2. The lowest BCUT2D eigenvalue weighted by Crippen LogP contribution is -2.28. The fourth-order valence-electron chi connectivity index (χ4n) is 1.38. The van der Waals surface area contributed by atoms with Crippen LogP contribution in [0.15, 0.2) is 0 Å². The Morgan fingerprint density at radius 1 is 1.32 bits per heavy atom. The maximum Gasteiger partial charge on any atom is 0.410 e. The molecule has 0 rings (SSSR count). The quantitative estimate of drug-likeness (QED) is 0.360. The number of carbonyl (C=O) groups is 2. The van der Waals surface area contributed by atoms with Gasteiger partial charge in [0.1, 0.15) is 0 Å². The number of hydrogen-bond acceptors (Lipinski definition) is 5. The first-order valence-corrected chi connectivity index (χ1v) is 9.15. The van der Waals surface area contributed by atoms with Crippen LogP contribution in [0.3, 0.4) is 0 Å². The Bertz CT molecular complexity index is 404. The molecule has 0 saturated carbocycles. The van der Waals surface area contributed by atoms with Crippen molar-refractivity contribution in [2.24, 2.45) is 5.92 Å². The standard InChI is InChI=1S/C13H25FNO6P/c1-4-5-8-22(18,19)11(14)6-7-15-13(17)21-9-20-12(16)10(2)3/h10-11H,4-9H2,1-3H3,(H,15,17)(H,18,19)/t11-/m1/s1. The zero-order chi connectivity index (χ0) is 17.2. The van der Waals surface area contributed by atoms with Crippen molar-refractivity contribution in [2.75, 3.05) is 19.5 Å². The van der Waals surface area contributed by atoms with Crippen molar-refractivity contribution in [1.82, 2.24) is 5.32 Å². The van der Waals surface area contributed by atoms with E-state index < -0.39 is 32.1 Å². The number of alkyl carbamates (subject to hydrolysis) is 1. The van der Waals surface area contributed by atoms with Gasteiger partial charge in [-0.1, -0.05) is 27.2 Å². The Morgan fingerprint density at radius 2 is 1.95 bits per heavy atom. The molecular formula is C13H25FNO6P. The van der Waals surface area contributed by atoms with Gasteiger partial charge in [-0.2, -0.15) is 0 Å². The summed E-state index contributed by atoms with van der Waals surface area (Å²) >= 11 is 0. The van der Waals surface area contributed by atoms with Gasteiger partial charge in [-0.25, -0.2) is 9.18 Å². The highest BCUT2D eigenvalue weighted by molar-refractivity contribution is 7.58. The molecule has 0 aromatic carbocycles. The highest BCUT2D eigenvalue weighted by Gasteiger charge is 2.29. The lowest BCUT2D eigenvalue weighted by molar-refractivity contribution is -0.155. The first-order valence-electron chi connectivity index (χ1n) is 7.23. The van der Waals surface area contributed by atoms with E-state index in [-0.39, 0.29) is 25.0 Å². The summed E-state index contributed by atoms with van der Waals surface area (Å²) in [4.78, 5) is 31.8. The molecule has 0 aromatic rings. The molecule has 0 bridgehead atoms. The number of rotatable bonds is 10. The first-order chi connectivity index (χ1) is 10.2. The lowest BCUT2D eigenvalue weighted by atomic mass is 10.2. The number of nitrogens with one attached hydrogen (secondary N) is 1. The van der Waals surface area contributed by atoms with Crippen LogP contribution in [0.4, 0.5) is 9.18 Å². The molecule has 2 atom stereocenters. The van der Waals surface area contributed by atoms with Gasteiger partial charge in [0.25, 0.3) is 0 Å². The van der Waals surface area contributed by atoms with Gasteiger partial charge in [0.05, 0.1) is 5.92 Å². The highest BCUT2D eigenvalue weighted by atomic mass is 31.2. The van der Waals surface area contributed by atoms with Crippen molar-refractivity contribution < 1.29 is 32.9 Å². The zero-order valence-electron chi connectivity index (χ0n) is 13.2. The molecule has 0 aliphatic carbocycles. The van der Waals surface area contributed by atoms with Gasteiger partial charge in [0, 0.05) is 19.1 Å². The molecule has 0 heterocycles. The van der Waals surface area contributed by atoms with Crippen LogP contribution < -0.4 is 5.32 Å². The second kappa shape index (κ2) is 10.6. The molecule has 0 fully saturated rings. The molecule has 0 aromatic heterocycles. The predicted molar refractivity (Wildman–Crippen MR) is 79.4 cm³/mol. The summed E-state index contributed by atoms with van der Waals surface area (Å²) in [6.45, 7) is 4.44. The van der Waals surface area contributed by atoms with Gasteiger partial charge >= 0.3 is 12.1 Å². The topological polar surface area (TPSA) is 102 Å². The fourth-order valence-corrected chi connectivity index (χ4v) is 2.96. The Hall–Kier alpha value is -1.14. The van der Waals surface area contributed by atoms with Crippen LogP contribution in [0, 0.1) is 5.92 Å². The number of ether oxygens (including phenoxy) is 2. The predicted octanol–water partition coefficient (Wildman–Crippen LogP) is 2.63. The highest BCUT2D eigenvalue weighted by Crippen LogP contribution is 2.49. The number of carbonyl (C=O) groups excluding carboxylic acids is 2. The Balaban J connectivity index is 3.88. The third-order valence-electron chi connectivity index (χ3n) is 2.78. The van der Waals surface area contributed by atoms with Crippen LogP contribution in [-0.2, 0) is 18.8 Å². The fraction of sp³-hybridized carbons (Fsp3) is 0.846. The molecule has 0 spiro atoms.